The van der Waals surface area contributed by atoms with Crippen molar-refractivity contribution in [2.75, 3.05) is 42.3 Å². The monoisotopic (exact) mass is 481 g/mol. The number of aryl methyl sites for hydroxylation is 2. The molecule has 0 aromatic heterocycles. The molecule has 0 saturated carbocycles. The number of benzene rings is 2. The van der Waals surface area contributed by atoms with E-state index in [0.29, 0.717) is 0 Å². The summed E-state index contributed by atoms with van der Waals surface area (Å²) in [6.45, 7) is 11.1. The molecule has 0 amide bonds. The first-order valence-corrected chi connectivity index (χ1v) is 10.5. The standard InChI is InChI=1S/C18H18.C5H7.3C2H6N.Ti/c1-15-7-11-17(12-8-15)5-3-4-6-18-13-9-16(2)10-14-18;1-3-5-4-2;3*1-3-2;/h3-14H,1-2H3;1,3-5H,2H3;3*1-2H3;/q;4*-1;+4. The van der Waals surface area contributed by atoms with Gasteiger partial charge in [-0.15, -0.1) is 0 Å². The second-order valence-electron chi connectivity index (χ2n) is 6.60. The molecule has 0 aliphatic carbocycles. The van der Waals surface area contributed by atoms with Crippen molar-refractivity contribution >= 4 is 12.2 Å². The largest absolute Gasteiger partial charge is 4.00 e. The van der Waals surface area contributed by atoms with Crippen molar-refractivity contribution in [3.63, 3.8) is 0 Å². The summed E-state index contributed by atoms with van der Waals surface area (Å²) in [4.78, 5) is 0. The molecule has 0 aliphatic rings. The molecule has 0 saturated heterocycles. The van der Waals surface area contributed by atoms with Gasteiger partial charge in [-0.05, 0) is 25.0 Å². The summed E-state index contributed by atoms with van der Waals surface area (Å²) in [5, 5.41) is 10.5. The van der Waals surface area contributed by atoms with E-state index >= 15 is 0 Å². The Morgan fingerprint density at radius 3 is 1.03 bits per heavy atom. The molecule has 0 heterocycles. The molecule has 0 atom stereocenters. The fourth-order valence-corrected chi connectivity index (χ4v) is 1.80. The maximum Gasteiger partial charge on any atom is 4.00 e. The molecule has 0 spiro atoms. The van der Waals surface area contributed by atoms with Crippen LogP contribution < -0.4 is 0 Å². The normalized spacial score (nSPS) is 9.24. The number of hydrogen-bond donors (Lipinski definition) is 0. The van der Waals surface area contributed by atoms with Gasteiger partial charge in [-0.3, -0.25) is 6.58 Å². The third-order valence-electron chi connectivity index (χ3n) is 3.15. The van der Waals surface area contributed by atoms with Crippen LogP contribution >= 0.6 is 0 Å². The summed E-state index contributed by atoms with van der Waals surface area (Å²) >= 11 is 0. The van der Waals surface area contributed by atoms with E-state index in [4.69, 9.17) is 6.58 Å². The molecule has 0 bridgehead atoms. The topological polar surface area (TPSA) is 42.3 Å². The van der Waals surface area contributed by atoms with E-state index in [9.17, 15) is 0 Å². The van der Waals surface area contributed by atoms with Crippen LogP contribution in [0.2, 0.25) is 0 Å². The molecule has 0 radical (unpaired) electrons. The van der Waals surface area contributed by atoms with Crippen molar-refractivity contribution in [3.8, 4) is 0 Å². The fraction of sp³-hybridized carbons (Fsp3) is 0.310. The van der Waals surface area contributed by atoms with E-state index < -0.39 is 0 Å². The summed E-state index contributed by atoms with van der Waals surface area (Å²) < 4.78 is 0. The molecule has 0 N–H and O–H groups in total. The van der Waals surface area contributed by atoms with E-state index in [2.05, 4.69) is 103 Å². The molecule has 33 heavy (non-hydrogen) atoms. The van der Waals surface area contributed by atoms with Gasteiger partial charge in [0.15, 0.2) is 0 Å². The van der Waals surface area contributed by atoms with Gasteiger partial charge in [0.05, 0.1) is 0 Å². The Labute approximate surface area is 220 Å². The molecule has 3 nitrogen and oxygen atoms in total. The van der Waals surface area contributed by atoms with E-state index in [1.807, 2.05) is 13.0 Å². The third kappa shape index (κ3) is 32.3. The Hall–Kier alpha value is -2.01. The van der Waals surface area contributed by atoms with Gasteiger partial charge in [-0.25, -0.2) is 12.2 Å². The predicted molar refractivity (Wildman–Crippen MR) is 150 cm³/mol. The summed E-state index contributed by atoms with van der Waals surface area (Å²) in [5.74, 6) is 0. The van der Waals surface area contributed by atoms with Gasteiger partial charge in [0, 0.05) is 0 Å². The average molecular weight is 482 g/mol. The fourth-order valence-electron chi connectivity index (χ4n) is 1.80. The Bertz CT molecular complexity index is 657. The van der Waals surface area contributed by atoms with Crippen LogP contribution in [0.5, 0.6) is 0 Å². The predicted octanol–water partition coefficient (Wildman–Crippen LogP) is 8.44. The number of hydrogen-bond acceptors (Lipinski definition) is 0. The minimum absolute atomic E-state index is 0. The average Bonchev–Trinajstić information content (AvgIpc) is 2.77. The van der Waals surface area contributed by atoms with Crippen molar-refractivity contribution in [3.05, 3.63) is 124 Å². The first kappa shape index (κ1) is 38.3. The number of allylic oxidation sites excluding steroid dienone is 5. The van der Waals surface area contributed by atoms with Gasteiger partial charge < -0.3 is 16.0 Å². The second-order valence-corrected chi connectivity index (χ2v) is 6.60. The molecule has 0 unspecified atom stereocenters. The Morgan fingerprint density at radius 2 is 0.848 bits per heavy atom. The first-order valence-electron chi connectivity index (χ1n) is 10.5. The van der Waals surface area contributed by atoms with Crippen LogP contribution in [0, 0.1) is 20.4 Å². The van der Waals surface area contributed by atoms with E-state index in [1.54, 1.807) is 48.4 Å². The van der Waals surface area contributed by atoms with Gasteiger partial charge in [-0.1, -0.05) is 90.9 Å². The molecule has 4 heteroatoms. The van der Waals surface area contributed by atoms with Crippen molar-refractivity contribution in [2.45, 2.75) is 20.8 Å². The smallest absolute Gasteiger partial charge is 0.668 e. The molecule has 178 valence electrons. The van der Waals surface area contributed by atoms with Crippen LogP contribution in [-0.2, 0) is 21.7 Å². The SMILES string of the molecule is C[N-]C.C[N-]C.C[N-]C.Cc1ccc(C=CC=Cc2ccc(C)cc2)cc1.[CH-]=CC=CC.[Ti+4]. The van der Waals surface area contributed by atoms with Crippen LogP contribution in [0.1, 0.15) is 29.2 Å². The van der Waals surface area contributed by atoms with E-state index in [0.717, 1.165) is 0 Å². The zero-order chi connectivity index (χ0) is 25.0. The molecule has 2 aromatic carbocycles. The minimum Gasteiger partial charge on any atom is -0.668 e. The minimum atomic E-state index is 0. The third-order valence-corrected chi connectivity index (χ3v) is 3.15. The first-order chi connectivity index (χ1) is 15.4. The number of rotatable bonds is 4. The van der Waals surface area contributed by atoms with Crippen LogP contribution in [-0.4, -0.2) is 42.3 Å². The van der Waals surface area contributed by atoms with Gasteiger partial charge >= 0.3 is 21.7 Å². The second kappa shape index (κ2) is 32.2. The summed E-state index contributed by atoms with van der Waals surface area (Å²) in [6.07, 6.45) is 13.5. The van der Waals surface area contributed by atoms with Gasteiger partial charge in [0.1, 0.15) is 0 Å². The summed E-state index contributed by atoms with van der Waals surface area (Å²) in [7, 11) is 10.5. The van der Waals surface area contributed by atoms with E-state index in [1.165, 1.54) is 28.3 Å². The van der Waals surface area contributed by atoms with Gasteiger partial charge in [-0.2, -0.15) is 48.4 Å². The summed E-state index contributed by atoms with van der Waals surface area (Å²) in [6, 6.07) is 17.0. The van der Waals surface area contributed by atoms with E-state index in [-0.39, 0.29) is 21.7 Å². The zero-order valence-corrected chi connectivity index (χ0v) is 23.6. The van der Waals surface area contributed by atoms with Crippen molar-refractivity contribution in [1.82, 2.24) is 0 Å². The van der Waals surface area contributed by atoms with Crippen molar-refractivity contribution in [1.29, 1.82) is 0 Å². The Morgan fingerprint density at radius 1 is 0.576 bits per heavy atom. The van der Waals surface area contributed by atoms with Crippen LogP contribution in [0.3, 0.4) is 0 Å². The van der Waals surface area contributed by atoms with Gasteiger partial charge in [0.2, 0.25) is 0 Å². The van der Waals surface area contributed by atoms with Crippen molar-refractivity contribution in [2.24, 2.45) is 0 Å². The van der Waals surface area contributed by atoms with Crippen LogP contribution in [0.4, 0.5) is 0 Å². The molecule has 0 aliphatic heterocycles. The Kier molecular flexibility index (Phi) is 37.3. The van der Waals surface area contributed by atoms with Crippen LogP contribution in [0.25, 0.3) is 28.1 Å². The quantitative estimate of drug-likeness (QED) is 0.239. The molecular weight excluding hydrogens is 438 g/mol. The molecular formula is C29H43N3Ti. The van der Waals surface area contributed by atoms with Crippen molar-refractivity contribution < 1.29 is 21.7 Å². The maximum absolute atomic E-state index is 4.93. The van der Waals surface area contributed by atoms with Crippen LogP contribution in [0.15, 0.2) is 78.9 Å². The maximum atomic E-state index is 4.93. The molecule has 2 aromatic rings. The number of nitrogens with zero attached hydrogens (tertiary/aromatic N) is 3. The zero-order valence-electron chi connectivity index (χ0n) is 22.1. The molecule has 0 fully saturated rings. The molecule has 2 rings (SSSR count). The summed E-state index contributed by atoms with van der Waals surface area (Å²) in [5.41, 5.74) is 5.05. The van der Waals surface area contributed by atoms with Gasteiger partial charge in [0.25, 0.3) is 0 Å². The Balaban J connectivity index is -0.000000233.